The lowest BCUT2D eigenvalue weighted by Gasteiger charge is -2.10. The fourth-order valence-electron chi connectivity index (χ4n) is 4.13. The van der Waals surface area contributed by atoms with Crippen LogP contribution in [0.3, 0.4) is 0 Å². The molecule has 3 aromatic heterocycles. The topological polar surface area (TPSA) is 123 Å². The smallest absolute Gasteiger partial charge is 0.390 e. The summed E-state index contributed by atoms with van der Waals surface area (Å²) in [6.45, 7) is 0.807. The number of rotatable bonds is 5. The molecule has 0 aliphatic carbocycles. The van der Waals surface area contributed by atoms with Gasteiger partial charge in [0.1, 0.15) is 17.4 Å². The summed E-state index contributed by atoms with van der Waals surface area (Å²) in [5, 5.41) is 13.1. The summed E-state index contributed by atoms with van der Waals surface area (Å²) >= 11 is 6.24. The molecule has 0 saturated carbocycles. The highest BCUT2D eigenvalue weighted by molar-refractivity contribution is 6.29. The Labute approximate surface area is 188 Å². The number of fused-ring (bicyclic) bond motifs is 1. The van der Waals surface area contributed by atoms with Crippen molar-refractivity contribution in [1.82, 2.24) is 19.7 Å². The number of nitrogens with one attached hydrogen (secondary N) is 1. The normalized spacial score (nSPS) is 16.1. The summed E-state index contributed by atoms with van der Waals surface area (Å²) in [7, 11) is 0. The predicted octanol–water partition coefficient (Wildman–Crippen LogP) is 1.95. The average Bonchev–Trinajstić information content (AvgIpc) is 3.42. The number of H-pyrrole nitrogens is 1. The van der Waals surface area contributed by atoms with E-state index in [0.29, 0.717) is 41.3 Å². The number of aromatic amines is 1. The molecule has 1 aromatic carbocycles. The van der Waals surface area contributed by atoms with Crippen LogP contribution in [0.4, 0.5) is 5.95 Å². The number of nitrogens with two attached hydrogens (primary N) is 1. The van der Waals surface area contributed by atoms with Crippen molar-refractivity contribution < 1.29 is 14.2 Å². The van der Waals surface area contributed by atoms with E-state index in [-0.39, 0.29) is 29.5 Å². The van der Waals surface area contributed by atoms with Crippen LogP contribution in [-0.4, -0.2) is 37.6 Å². The minimum Gasteiger partial charge on any atom is -0.390 e. The van der Waals surface area contributed by atoms with E-state index in [2.05, 4.69) is 15.1 Å². The molecule has 0 amide bonds. The monoisotopic (exact) mass is 453 g/mol. The van der Waals surface area contributed by atoms with Crippen LogP contribution in [0.5, 0.6) is 0 Å². The number of halogens is 1. The summed E-state index contributed by atoms with van der Waals surface area (Å²) in [5.41, 5.74) is 9.50. The Kier molecular flexibility index (Phi) is 5.38. The third-order valence-corrected chi connectivity index (χ3v) is 5.76. The van der Waals surface area contributed by atoms with Crippen molar-refractivity contribution in [3.8, 4) is 22.4 Å². The molecule has 5 rings (SSSR count). The first kappa shape index (κ1) is 20.6. The quantitative estimate of drug-likeness (QED) is 0.313. The van der Waals surface area contributed by atoms with E-state index in [4.69, 9.17) is 22.1 Å². The Morgan fingerprint density at radius 1 is 1.25 bits per heavy atom. The zero-order valence-electron chi connectivity index (χ0n) is 17.2. The summed E-state index contributed by atoms with van der Waals surface area (Å²) in [4.78, 5) is 21.9. The van der Waals surface area contributed by atoms with Crippen LogP contribution in [0.1, 0.15) is 18.5 Å². The molecule has 1 aliphatic heterocycles. The highest BCUT2D eigenvalue weighted by Crippen LogP contribution is 2.34. The number of ether oxygens (including phenoxy) is 1. The molecule has 4 heterocycles. The van der Waals surface area contributed by atoms with Crippen molar-refractivity contribution >= 4 is 23.2 Å². The first-order chi connectivity index (χ1) is 15.5. The number of aromatic nitrogens is 5. The lowest BCUT2D eigenvalue weighted by molar-refractivity contribution is -0.516. The van der Waals surface area contributed by atoms with Gasteiger partial charge in [-0.3, -0.25) is 0 Å². The Hall–Kier alpha value is -3.27. The van der Waals surface area contributed by atoms with Crippen LogP contribution in [0.15, 0.2) is 47.3 Å². The van der Waals surface area contributed by atoms with Gasteiger partial charge in [0.2, 0.25) is 5.65 Å². The number of hydrogen-bond acceptors (Lipinski definition) is 6. The number of nitrogens with zero attached hydrogens (tertiary/aromatic N) is 4. The van der Waals surface area contributed by atoms with Gasteiger partial charge in [0.25, 0.3) is 0 Å². The molecule has 1 saturated heterocycles. The van der Waals surface area contributed by atoms with Crippen molar-refractivity contribution in [2.24, 2.45) is 0 Å². The van der Waals surface area contributed by atoms with Crippen LogP contribution in [0, 0.1) is 0 Å². The number of hydrogen-bond donors (Lipinski definition) is 3. The van der Waals surface area contributed by atoms with E-state index in [1.165, 1.54) is 9.08 Å². The Balaban J connectivity index is 1.81. The second-order valence-corrected chi connectivity index (χ2v) is 8.10. The van der Waals surface area contributed by atoms with Gasteiger partial charge in [-0.05, 0) is 30.5 Å². The SMILES string of the molecule is Nc1nc(-c2ccccc2)c(-c2cc(Cl)nc(CO)c2)c2[nH]n(C[C@H]3CCCO3)c(=O)[n+]12. The summed E-state index contributed by atoms with van der Waals surface area (Å²) in [6, 6.07) is 12.9. The van der Waals surface area contributed by atoms with Crippen LogP contribution >= 0.6 is 11.6 Å². The molecule has 0 radical (unpaired) electrons. The van der Waals surface area contributed by atoms with Gasteiger partial charge in [0, 0.05) is 12.2 Å². The first-order valence-corrected chi connectivity index (χ1v) is 10.7. The van der Waals surface area contributed by atoms with E-state index in [1.54, 1.807) is 12.1 Å². The summed E-state index contributed by atoms with van der Waals surface area (Å²) in [6.07, 6.45) is 1.82. The zero-order chi connectivity index (χ0) is 22.2. The van der Waals surface area contributed by atoms with Gasteiger partial charge in [-0.1, -0.05) is 41.9 Å². The van der Waals surface area contributed by atoms with Crippen molar-refractivity contribution in [3.63, 3.8) is 0 Å². The van der Waals surface area contributed by atoms with E-state index in [9.17, 15) is 9.90 Å². The highest BCUT2D eigenvalue weighted by Gasteiger charge is 2.28. The van der Waals surface area contributed by atoms with Crippen molar-refractivity contribution in [2.45, 2.75) is 32.1 Å². The second-order valence-electron chi connectivity index (χ2n) is 7.71. The van der Waals surface area contributed by atoms with Crippen LogP contribution < -0.4 is 15.8 Å². The second kappa shape index (κ2) is 8.34. The number of aliphatic hydroxyl groups excluding tert-OH is 1. The molecule has 1 atom stereocenters. The maximum absolute atomic E-state index is 13.2. The van der Waals surface area contributed by atoms with Crippen LogP contribution in [0.25, 0.3) is 28.0 Å². The summed E-state index contributed by atoms with van der Waals surface area (Å²) in [5.74, 6) is 0.0671. The van der Waals surface area contributed by atoms with E-state index in [1.807, 2.05) is 30.3 Å². The number of aliphatic hydroxyl groups is 1. The Morgan fingerprint density at radius 3 is 2.78 bits per heavy atom. The molecule has 0 unspecified atom stereocenters. The zero-order valence-corrected chi connectivity index (χ0v) is 17.9. The lowest BCUT2D eigenvalue weighted by atomic mass is 10.00. The lowest BCUT2D eigenvalue weighted by Crippen LogP contribution is -2.45. The first-order valence-electron chi connectivity index (χ1n) is 10.3. The summed E-state index contributed by atoms with van der Waals surface area (Å²) < 4.78 is 8.55. The van der Waals surface area contributed by atoms with E-state index >= 15 is 0 Å². The number of benzene rings is 1. The number of anilines is 1. The van der Waals surface area contributed by atoms with Gasteiger partial charge in [-0.15, -0.1) is 9.38 Å². The fourth-order valence-corrected chi connectivity index (χ4v) is 4.35. The van der Waals surface area contributed by atoms with Crippen molar-refractivity contribution in [1.29, 1.82) is 0 Å². The molecule has 4 aromatic rings. The van der Waals surface area contributed by atoms with E-state index < -0.39 is 0 Å². The minimum absolute atomic E-state index is 0.0380. The molecule has 10 heteroatoms. The molecule has 9 nitrogen and oxygen atoms in total. The maximum atomic E-state index is 13.2. The van der Waals surface area contributed by atoms with Crippen LogP contribution in [-0.2, 0) is 17.9 Å². The Bertz CT molecular complexity index is 1350. The molecule has 0 spiro atoms. The van der Waals surface area contributed by atoms with Gasteiger partial charge in [-0.25, -0.2) is 14.9 Å². The van der Waals surface area contributed by atoms with Gasteiger partial charge in [0.15, 0.2) is 0 Å². The third kappa shape index (κ3) is 3.64. The van der Waals surface area contributed by atoms with Crippen LogP contribution in [0.2, 0.25) is 5.15 Å². The van der Waals surface area contributed by atoms with Gasteiger partial charge in [-0.2, -0.15) is 4.68 Å². The standard InChI is InChI=1S/C22H21ClN6O3/c23-17-10-14(9-15(12-30)25-17)18-19(13-5-2-1-3-6-13)26-21(24)29-20(18)27-28(22(29)31)11-16-7-4-8-32-16/h1-3,5-6,9-10,16,30H,4,7-8,11-12H2,(H2,24,25,26,27)/p+1/t16-/m1/s1. The average molecular weight is 454 g/mol. The molecule has 164 valence electrons. The highest BCUT2D eigenvalue weighted by atomic mass is 35.5. The fraction of sp³-hybridized carbons (Fsp3) is 0.273. The van der Waals surface area contributed by atoms with Crippen molar-refractivity contribution in [3.05, 3.63) is 63.8 Å². The molecule has 0 bridgehead atoms. The molecule has 1 aliphatic rings. The third-order valence-electron chi connectivity index (χ3n) is 5.57. The van der Waals surface area contributed by atoms with Crippen molar-refractivity contribution in [2.75, 3.05) is 12.3 Å². The number of nitrogen functional groups attached to an aromatic ring is 1. The Morgan fingerprint density at radius 2 is 2.06 bits per heavy atom. The molecular formula is C22H22ClN6O3+. The van der Waals surface area contributed by atoms with E-state index in [0.717, 1.165) is 18.4 Å². The maximum Gasteiger partial charge on any atom is 0.428 e. The van der Waals surface area contributed by atoms with Gasteiger partial charge >= 0.3 is 11.6 Å². The molecule has 4 N–H and O–H groups in total. The van der Waals surface area contributed by atoms with Gasteiger partial charge < -0.3 is 15.6 Å². The largest absolute Gasteiger partial charge is 0.428 e. The van der Waals surface area contributed by atoms with Gasteiger partial charge in [0.05, 0.1) is 24.0 Å². The molecular weight excluding hydrogens is 432 g/mol. The number of pyridine rings is 1. The minimum atomic E-state index is -0.330. The predicted molar refractivity (Wildman–Crippen MR) is 119 cm³/mol. The molecule has 1 fully saturated rings. The molecule has 32 heavy (non-hydrogen) atoms.